The Balaban J connectivity index is 2.54. The van der Waals surface area contributed by atoms with Crippen LogP contribution in [0.15, 0.2) is 60.7 Å². The zero-order valence-corrected chi connectivity index (χ0v) is 16.4. The van der Waals surface area contributed by atoms with Crippen molar-refractivity contribution in [3.05, 3.63) is 60.7 Å². The Kier molecular flexibility index (Phi) is 6.25. The Morgan fingerprint density at radius 3 is 1.92 bits per heavy atom. The number of hydrogen-bond donors (Lipinski definition) is 2. The minimum absolute atomic E-state index is 0.121. The molecule has 0 spiro atoms. The average Bonchev–Trinajstić information content (AvgIpc) is 2.61. The van der Waals surface area contributed by atoms with Crippen LogP contribution in [0.2, 0.25) is 5.04 Å². The fraction of sp³-hybridized carbons (Fsp3) is 0.286. The molecule has 2 aromatic rings. The summed E-state index contributed by atoms with van der Waals surface area (Å²) in [5, 5.41) is 13.4. The number of carboxylic acid groups (broad SMARTS) is 1. The zero-order chi connectivity index (χ0) is 19.2. The van der Waals surface area contributed by atoms with Crippen molar-refractivity contribution in [1.82, 2.24) is 5.32 Å². The highest BCUT2D eigenvalue weighted by molar-refractivity contribution is 6.99. The van der Waals surface area contributed by atoms with Gasteiger partial charge < -0.3 is 14.8 Å². The highest BCUT2D eigenvalue weighted by Gasteiger charge is 2.50. The monoisotopic (exact) mass is 367 g/mol. The minimum atomic E-state index is -2.71. The summed E-state index contributed by atoms with van der Waals surface area (Å²) < 4.78 is 6.59. The predicted octanol–water partition coefficient (Wildman–Crippen LogP) is 2.83. The number of terminal acetylenes is 1. The maximum absolute atomic E-state index is 11.0. The summed E-state index contributed by atoms with van der Waals surface area (Å²) in [4.78, 5) is 11.0. The minimum Gasteiger partial charge on any atom is -0.465 e. The molecule has 0 saturated heterocycles. The summed E-state index contributed by atoms with van der Waals surface area (Å²) >= 11 is 0. The molecule has 2 aromatic carbocycles. The van der Waals surface area contributed by atoms with Gasteiger partial charge in [0.25, 0.3) is 8.32 Å². The number of hydrogen-bond acceptors (Lipinski definition) is 2. The molecule has 2 rings (SSSR count). The summed E-state index contributed by atoms with van der Waals surface area (Å²) in [7, 11) is -2.71. The van der Waals surface area contributed by atoms with Gasteiger partial charge in [-0.3, -0.25) is 0 Å². The van der Waals surface area contributed by atoms with Crippen LogP contribution in [0.1, 0.15) is 20.8 Å². The molecule has 0 bridgehead atoms. The maximum atomic E-state index is 11.0. The molecule has 0 unspecified atom stereocenters. The first-order valence-electron chi connectivity index (χ1n) is 8.52. The van der Waals surface area contributed by atoms with E-state index < -0.39 is 20.5 Å². The molecule has 0 aromatic heterocycles. The summed E-state index contributed by atoms with van der Waals surface area (Å²) in [6.45, 7) is 6.61. The molecular formula is C21H25NO3Si. The van der Waals surface area contributed by atoms with Gasteiger partial charge in [-0.15, -0.1) is 6.42 Å². The third kappa shape index (κ3) is 4.16. The number of benzene rings is 2. The standard InChI is InChI=1S/C21H25NO3Si/c1-5-17(22-20(23)24)16-25-26(21(2,3)4,18-12-8-6-9-13-18)19-14-10-7-11-15-19/h1,6-15,17,22H,16H2,2-4H3,(H,23,24)/t17-/m0/s1. The van der Waals surface area contributed by atoms with Gasteiger partial charge in [0.15, 0.2) is 0 Å². The van der Waals surface area contributed by atoms with Crippen LogP contribution in [0.5, 0.6) is 0 Å². The first kappa shape index (κ1) is 19.8. The maximum Gasteiger partial charge on any atom is 0.405 e. The zero-order valence-electron chi connectivity index (χ0n) is 15.4. The second-order valence-corrected chi connectivity index (χ2v) is 11.4. The molecule has 0 aliphatic rings. The van der Waals surface area contributed by atoms with Crippen molar-refractivity contribution < 1.29 is 14.3 Å². The van der Waals surface area contributed by atoms with E-state index in [4.69, 9.17) is 16.0 Å². The van der Waals surface area contributed by atoms with Gasteiger partial charge >= 0.3 is 6.09 Å². The van der Waals surface area contributed by atoms with Crippen LogP contribution in [0, 0.1) is 12.3 Å². The fourth-order valence-corrected chi connectivity index (χ4v) is 7.82. The smallest absolute Gasteiger partial charge is 0.405 e. The summed E-state index contributed by atoms with van der Waals surface area (Å²) in [6.07, 6.45) is 4.34. The number of nitrogens with one attached hydrogen (secondary N) is 1. The van der Waals surface area contributed by atoms with Crippen molar-refractivity contribution in [3.8, 4) is 12.3 Å². The summed E-state index contributed by atoms with van der Waals surface area (Å²) in [5.74, 6) is 2.47. The second kappa shape index (κ2) is 8.22. The molecule has 2 N–H and O–H groups in total. The SMILES string of the molecule is C#C[C@@H](CO[Si](c1ccccc1)(c1ccccc1)C(C)(C)C)NC(=O)O. The summed E-state index contributed by atoms with van der Waals surface area (Å²) in [5.41, 5.74) is 0. The van der Waals surface area contributed by atoms with Crippen LogP contribution < -0.4 is 15.7 Å². The first-order chi connectivity index (χ1) is 12.3. The topological polar surface area (TPSA) is 58.6 Å². The van der Waals surface area contributed by atoms with Crippen LogP contribution in [0.3, 0.4) is 0 Å². The third-order valence-corrected chi connectivity index (χ3v) is 9.39. The van der Waals surface area contributed by atoms with Crippen LogP contribution >= 0.6 is 0 Å². The van der Waals surface area contributed by atoms with Crippen molar-refractivity contribution >= 4 is 24.8 Å². The van der Waals surface area contributed by atoms with E-state index in [0.717, 1.165) is 10.4 Å². The predicted molar refractivity (Wildman–Crippen MR) is 107 cm³/mol. The molecule has 0 heterocycles. The van der Waals surface area contributed by atoms with E-state index in [2.05, 4.69) is 56.3 Å². The van der Waals surface area contributed by atoms with Gasteiger partial charge in [-0.25, -0.2) is 4.79 Å². The van der Waals surface area contributed by atoms with E-state index in [1.807, 2.05) is 36.4 Å². The van der Waals surface area contributed by atoms with E-state index in [9.17, 15) is 4.79 Å². The Morgan fingerprint density at radius 1 is 1.12 bits per heavy atom. The van der Waals surface area contributed by atoms with Crippen molar-refractivity contribution in [2.45, 2.75) is 31.9 Å². The molecule has 26 heavy (non-hydrogen) atoms. The number of amides is 1. The van der Waals surface area contributed by atoms with E-state index in [-0.39, 0.29) is 11.6 Å². The lowest BCUT2D eigenvalue weighted by Crippen LogP contribution is -2.67. The van der Waals surface area contributed by atoms with Crippen LogP contribution in [-0.4, -0.2) is 32.2 Å². The molecule has 5 heteroatoms. The highest BCUT2D eigenvalue weighted by atomic mass is 28.4. The van der Waals surface area contributed by atoms with Crippen molar-refractivity contribution in [3.63, 3.8) is 0 Å². The summed E-state index contributed by atoms with van der Waals surface area (Å²) in [6, 6.07) is 19.6. The van der Waals surface area contributed by atoms with Crippen molar-refractivity contribution in [2.75, 3.05) is 6.61 Å². The molecule has 1 amide bonds. The molecule has 0 aliphatic heterocycles. The number of carbonyl (C=O) groups is 1. The highest BCUT2D eigenvalue weighted by Crippen LogP contribution is 2.36. The molecule has 0 saturated carbocycles. The third-order valence-electron chi connectivity index (χ3n) is 4.38. The number of rotatable bonds is 6. The molecule has 1 atom stereocenters. The van der Waals surface area contributed by atoms with E-state index in [1.165, 1.54) is 0 Å². The van der Waals surface area contributed by atoms with Crippen molar-refractivity contribution in [2.24, 2.45) is 0 Å². The Labute approximate surface area is 156 Å². The van der Waals surface area contributed by atoms with Crippen LogP contribution in [0.25, 0.3) is 0 Å². The molecule has 136 valence electrons. The first-order valence-corrected chi connectivity index (χ1v) is 10.4. The molecular weight excluding hydrogens is 342 g/mol. The molecule has 0 aliphatic carbocycles. The Bertz CT molecular complexity index is 724. The average molecular weight is 368 g/mol. The molecule has 0 radical (unpaired) electrons. The lowest BCUT2D eigenvalue weighted by molar-refractivity contribution is 0.185. The van der Waals surface area contributed by atoms with Gasteiger partial charge in [0.1, 0.15) is 6.04 Å². The van der Waals surface area contributed by atoms with Gasteiger partial charge in [-0.05, 0) is 15.4 Å². The Hall–Kier alpha value is -2.55. The van der Waals surface area contributed by atoms with Gasteiger partial charge in [0.2, 0.25) is 0 Å². The molecule has 0 fully saturated rings. The van der Waals surface area contributed by atoms with Gasteiger partial charge in [-0.2, -0.15) is 0 Å². The van der Waals surface area contributed by atoms with E-state index in [1.54, 1.807) is 0 Å². The van der Waals surface area contributed by atoms with Gasteiger partial charge in [-0.1, -0.05) is 87.4 Å². The largest absolute Gasteiger partial charge is 0.465 e. The van der Waals surface area contributed by atoms with Crippen molar-refractivity contribution in [1.29, 1.82) is 0 Å². The normalized spacial score (nSPS) is 12.8. The lowest BCUT2D eigenvalue weighted by Gasteiger charge is -2.43. The van der Waals surface area contributed by atoms with Gasteiger partial charge in [0, 0.05) is 0 Å². The fourth-order valence-electron chi connectivity index (χ4n) is 3.25. The quantitative estimate of drug-likeness (QED) is 0.610. The van der Waals surface area contributed by atoms with Crippen LogP contribution in [0.4, 0.5) is 4.79 Å². The molecule has 4 nitrogen and oxygen atoms in total. The lowest BCUT2D eigenvalue weighted by atomic mass is 10.2. The van der Waals surface area contributed by atoms with E-state index in [0.29, 0.717) is 0 Å². The second-order valence-electron chi connectivity index (χ2n) is 7.14. The van der Waals surface area contributed by atoms with E-state index >= 15 is 0 Å². The Morgan fingerprint density at radius 2 is 1.58 bits per heavy atom. The van der Waals surface area contributed by atoms with Crippen LogP contribution in [-0.2, 0) is 4.43 Å². The van der Waals surface area contributed by atoms with Gasteiger partial charge in [0.05, 0.1) is 6.61 Å².